The molecule has 19 heavy (non-hydrogen) atoms. The van der Waals surface area contributed by atoms with Crippen molar-refractivity contribution >= 4 is 33.0 Å². The number of hydrogen-bond acceptors (Lipinski definition) is 3. The normalized spacial score (nSPS) is 27.7. The lowest BCUT2D eigenvalue weighted by atomic mass is 9.92. The molecule has 0 bridgehead atoms. The van der Waals surface area contributed by atoms with Gasteiger partial charge in [0.1, 0.15) is 0 Å². The van der Waals surface area contributed by atoms with E-state index >= 15 is 0 Å². The van der Waals surface area contributed by atoms with E-state index in [-0.39, 0.29) is 6.42 Å². The summed E-state index contributed by atoms with van der Waals surface area (Å²) < 4.78 is 23.6. The standard InChI is InChI=1S/C13H16Cl2O3S/c1-19(17,18)12-6-3-7-13(12,16)8-9-10(14)4-2-5-11(9)15/h2,4-5,12,16H,3,6-8H2,1H3. The van der Waals surface area contributed by atoms with E-state index in [2.05, 4.69) is 0 Å². The lowest BCUT2D eigenvalue weighted by Crippen LogP contribution is -2.44. The second-order valence-corrected chi connectivity index (χ2v) is 8.23. The van der Waals surface area contributed by atoms with Gasteiger partial charge >= 0.3 is 0 Å². The third-order valence-corrected chi connectivity index (χ3v) is 6.15. The van der Waals surface area contributed by atoms with Crippen molar-refractivity contribution in [3.8, 4) is 0 Å². The van der Waals surface area contributed by atoms with Gasteiger partial charge in [0, 0.05) is 22.7 Å². The molecular weight excluding hydrogens is 307 g/mol. The molecule has 0 heterocycles. The number of sulfone groups is 1. The average molecular weight is 323 g/mol. The fourth-order valence-corrected chi connectivity index (χ4v) is 4.97. The molecule has 1 aromatic rings. The minimum atomic E-state index is -3.29. The van der Waals surface area contributed by atoms with Crippen LogP contribution < -0.4 is 0 Å². The summed E-state index contributed by atoms with van der Waals surface area (Å²) in [5.74, 6) is 0. The van der Waals surface area contributed by atoms with E-state index in [0.29, 0.717) is 34.9 Å². The molecule has 2 rings (SSSR count). The number of benzene rings is 1. The number of aliphatic hydroxyl groups is 1. The van der Waals surface area contributed by atoms with Gasteiger partial charge in [0.2, 0.25) is 0 Å². The second-order valence-electron chi connectivity index (χ2n) is 5.19. The van der Waals surface area contributed by atoms with E-state index in [9.17, 15) is 13.5 Å². The fourth-order valence-electron chi connectivity index (χ4n) is 2.85. The SMILES string of the molecule is CS(=O)(=O)C1CCCC1(O)Cc1c(Cl)cccc1Cl. The van der Waals surface area contributed by atoms with Crippen LogP contribution in [0.4, 0.5) is 0 Å². The predicted octanol–water partition coefficient (Wildman–Crippen LogP) is 2.86. The third-order valence-electron chi connectivity index (χ3n) is 3.74. The quantitative estimate of drug-likeness (QED) is 0.930. The molecule has 3 nitrogen and oxygen atoms in total. The van der Waals surface area contributed by atoms with Crippen molar-refractivity contribution in [3.63, 3.8) is 0 Å². The van der Waals surface area contributed by atoms with Gasteiger partial charge in [0.05, 0.1) is 10.9 Å². The van der Waals surface area contributed by atoms with Crippen molar-refractivity contribution in [2.75, 3.05) is 6.26 Å². The summed E-state index contributed by atoms with van der Waals surface area (Å²) in [7, 11) is -3.29. The van der Waals surface area contributed by atoms with Crippen LogP contribution in [-0.4, -0.2) is 30.6 Å². The molecule has 0 aromatic heterocycles. The van der Waals surface area contributed by atoms with Crippen molar-refractivity contribution in [1.29, 1.82) is 0 Å². The Hall–Kier alpha value is -0.290. The van der Waals surface area contributed by atoms with Crippen LogP contribution in [-0.2, 0) is 16.3 Å². The lowest BCUT2D eigenvalue weighted by molar-refractivity contribution is 0.0513. The molecule has 106 valence electrons. The minimum Gasteiger partial charge on any atom is -0.388 e. The van der Waals surface area contributed by atoms with Crippen molar-refractivity contribution < 1.29 is 13.5 Å². The first-order valence-electron chi connectivity index (χ1n) is 6.08. The Morgan fingerprint density at radius 2 is 1.95 bits per heavy atom. The molecule has 1 aromatic carbocycles. The van der Waals surface area contributed by atoms with E-state index in [1.807, 2.05) is 0 Å². The molecule has 2 unspecified atom stereocenters. The first-order chi connectivity index (χ1) is 8.74. The summed E-state index contributed by atoms with van der Waals surface area (Å²) in [6, 6.07) is 5.11. The number of halogens is 2. The zero-order valence-corrected chi connectivity index (χ0v) is 12.9. The average Bonchev–Trinajstić information content (AvgIpc) is 2.66. The van der Waals surface area contributed by atoms with Gasteiger partial charge in [-0.15, -0.1) is 0 Å². The van der Waals surface area contributed by atoms with E-state index < -0.39 is 20.7 Å². The van der Waals surface area contributed by atoms with Gasteiger partial charge in [0.15, 0.2) is 9.84 Å². The molecule has 1 N–H and O–H groups in total. The highest BCUT2D eigenvalue weighted by atomic mass is 35.5. The van der Waals surface area contributed by atoms with Crippen LogP contribution in [0, 0.1) is 0 Å². The maximum absolute atomic E-state index is 11.8. The Kier molecular flexibility index (Phi) is 4.17. The van der Waals surface area contributed by atoms with Crippen LogP contribution >= 0.6 is 23.2 Å². The maximum Gasteiger partial charge on any atom is 0.153 e. The van der Waals surface area contributed by atoms with Gasteiger partial charge < -0.3 is 5.11 Å². The summed E-state index contributed by atoms with van der Waals surface area (Å²) in [6.45, 7) is 0. The first-order valence-corrected chi connectivity index (χ1v) is 8.79. The summed E-state index contributed by atoms with van der Waals surface area (Å²) in [5, 5.41) is 10.9. The highest BCUT2D eigenvalue weighted by molar-refractivity contribution is 7.91. The molecule has 0 radical (unpaired) electrons. The molecule has 0 spiro atoms. The van der Waals surface area contributed by atoms with Crippen LogP contribution in [0.1, 0.15) is 24.8 Å². The van der Waals surface area contributed by atoms with Gasteiger partial charge in [-0.1, -0.05) is 29.3 Å². The van der Waals surface area contributed by atoms with Crippen molar-refractivity contribution in [1.82, 2.24) is 0 Å². The van der Waals surface area contributed by atoms with E-state index in [4.69, 9.17) is 23.2 Å². The van der Waals surface area contributed by atoms with Crippen molar-refractivity contribution in [2.45, 2.75) is 36.5 Å². The lowest BCUT2D eigenvalue weighted by Gasteiger charge is -2.29. The highest BCUT2D eigenvalue weighted by Crippen LogP contribution is 2.39. The molecule has 0 saturated heterocycles. The summed E-state index contributed by atoms with van der Waals surface area (Å²) in [5.41, 5.74) is -0.661. The molecule has 1 fully saturated rings. The zero-order chi connectivity index (χ0) is 14.3. The molecular formula is C13H16Cl2O3S. The second kappa shape index (κ2) is 5.24. The summed E-state index contributed by atoms with van der Waals surface area (Å²) in [6.07, 6.45) is 2.96. The number of hydrogen-bond donors (Lipinski definition) is 1. The molecule has 2 atom stereocenters. The van der Waals surface area contributed by atoms with Crippen LogP contribution in [0.25, 0.3) is 0 Å². The zero-order valence-electron chi connectivity index (χ0n) is 10.6. The van der Waals surface area contributed by atoms with E-state index in [0.717, 1.165) is 0 Å². The van der Waals surface area contributed by atoms with Crippen molar-refractivity contribution in [2.24, 2.45) is 0 Å². The Morgan fingerprint density at radius 3 is 2.47 bits per heavy atom. The molecule has 0 amide bonds. The van der Waals surface area contributed by atoms with Gasteiger partial charge in [-0.25, -0.2) is 8.42 Å². The molecule has 6 heteroatoms. The topological polar surface area (TPSA) is 54.4 Å². The monoisotopic (exact) mass is 322 g/mol. The molecule has 1 saturated carbocycles. The van der Waals surface area contributed by atoms with Crippen molar-refractivity contribution in [3.05, 3.63) is 33.8 Å². The van der Waals surface area contributed by atoms with Crippen LogP contribution in [0.15, 0.2) is 18.2 Å². The van der Waals surface area contributed by atoms with Gasteiger partial charge in [-0.2, -0.15) is 0 Å². The maximum atomic E-state index is 11.8. The molecule has 1 aliphatic rings. The Morgan fingerprint density at radius 1 is 1.37 bits per heavy atom. The minimum absolute atomic E-state index is 0.170. The summed E-state index contributed by atoms with van der Waals surface area (Å²) in [4.78, 5) is 0. The predicted molar refractivity (Wildman–Crippen MR) is 77.6 cm³/mol. The van der Waals surface area contributed by atoms with E-state index in [1.54, 1.807) is 18.2 Å². The molecule has 1 aliphatic carbocycles. The Bertz CT molecular complexity index is 565. The summed E-state index contributed by atoms with van der Waals surface area (Å²) >= 11 is 12.2. The molecule has 0 aliphatic heterocycles. The number of rotatable bonds is 3. The third kappa shape index (κ3) is 3.07. The van der Waals surface area contributed by atoms with Gasteiger partial charge in [0.25, 0.3) is 0 Å². The first kappa shape index (κ1) is 15.1. The Balaban J connectivity index is 2.36. The Labute approximate surface area is 123 Å². The largest absolute Gasteiger partial charge is 0.388 e. The van der Waals surface area contributed by atoms with Crippen LogP contribution in [0.2, 0.25) is 10.0 Å². The van der Waals surface area contributed by atoms with Gasteiger partial charge in [-0.3, -0.25) is 0 Å². The smallest absolute Gasteiger partial charge is 0.153 e. The van der Waals surface area contributed by atoms with Crippen LogP contribution in [0.3, 0.4) is 0 Å². The fraction of sp³-hybridized carbons (Fsp3) is 0.538. The van der Waals surface area contributed by atoms with E-state index in [1.165, 1.54) is 6.26 Å². The highest BCUT2D eigenvalue weighted by Gasteiger charge is 2.47. The van der Waals surface area contributed by atoms with Crippen LogP contribution in [0.5, 0.6) is 0 Å². The van der Waals surface area contributed by atoms with Gasteiger partial charge in [-0.05, 0) is 37.0 Å².